The molecule has 0 amide bonds. The van der Waals surface area contributed by atoms with Crippen LogP contribution in [0.15, 0.2) is 42.6 Å². The predicted molar refractivity (Wildman–Crippen MR) is 98.1 cm³/mol. The molecule has 3 rings (SSSR count). The summed E-state index contributed by atoms with van der Waals surface area (Å²) in [6, 6.07) is 10.2. The Labute approximate surface area is 146 Å². The SMILES string of the molecule is CC.COCCOc1cc(F)c2nc(-c3ccnc(N)c3)ccc2c1. The van der Waals surface area contributed by atoms with Crippen molar-refractivity contribution in [1.29, 1.82) is 0 Å². The molecule has 0 aliphatic heterocycles. The number of fused-ring (bicyclic) bond motifs is 1. The molecule has 0 aliphatic carbocycles. The molecule has 2 aromatic heterocycles. The first-order valence-corrected chi connectivity index (χ1v) is 8.11. The number of anilines is 1. The zero-order valence-electron chi connectivity index (χ0n) is 14.6. The summed E-state index contributed by atoms with van der Waals surface area (Å²) >= 11 is 0. The zero-order chi connectivity index (χ0) is 18.2. The molecule has 0 saturated carbocycles. The third-order valence-corrected chi connectivity index (χ3v) is 3.35. The molecule has 0 spiro atoms. The standard InChI is InChI=1S/C17H16FN3O2.C2H6/c1-22-6-7-23-13-8-12-2-3-15(21-17(12)14(18)10-13)11-4-5-20-16(19)9-11;1-2/h2-5,8-10H,6-7H2,1H3,(H2,19,20);1-2H3. The molecule has 0 atom stereocenters. The Bertz CT molecular complexity index is 840. The molecule has 6 heteroatoms. The van der Waals surface area contributed by atoms with Gasteiger partial charge in [0.1, 0.15) is 23.7 Å². The number of pyridine rings is 2. The smallest absolute Gasteiger partial charge is 0.153 e. The average Bonchev–Trinajstić information content (AvgIpc) is 2.63. The fourth-order valence-corrected chi connectivity index (χ4v) is 2.26. The van der Waals surface area contributed by atoms with Gasteiger partial charge in [0, 0.05) is 30.3 Å². The second kappa shape index (κ2) is 8.94. The van der Waals surface area contributed by atoms with E-state index in [-0.39, 0.29) is 5.52 Å². The van der Waals surface area contributed by atoms with Crippen molar-refractivity contribution in [2.45, 2.75) is 13.8 Å². The van der Waals surface area contributed by atoms with Gasteiger partial charge in [-0.15, -0.1) is 0 Å². The maximum atomic E-state index is 14.3. The second-order valence-corrected chi connectivity index (χ2v) is 4.98. The van der Waals surface area contributed by atoms with Crippen LogP contribution < -0.4 is 10.5 Å². The Hall–Kier alpha value is -2.73. The minimum absolute atomic E-state index is 0.289. The van der Waals surface area contributed by atoms with Gasteiger partial charge in [0.05, 0.1) is 12.3 Å². The minimum Gasteiger partial charge on any atom is -0.491 e. The van der Waals surface area contributed by atoms with E-state index in [0.29, 0.717) is 35.9 Å². The van der Waals surface area contributed by atoms with Crippen molar-refractivity contribution in [2.75, 3.05) is 26.1 Å². The van der Waals surface area contributed by atoms with Crippen LogP contribution in [0.2, 0.25) is 0 Å². The van der Waals surface area contributed by atoms with Gasteiger partial charge in [-0.05, 0) is 24.3 Å². The number of nitrogens with two attached hydrogens (primary N) is 1. The highest BCUT2D eigenvalue weighted by Gasteiger charge is 2.09. The molecule has 0 unspecified atom stereocenters. The number of nitrogens with zero attached hydrogens (tertiary/aromatic N) is 2. The molecule has 1 aromatic carbocycles. The summed E-state index contributed by atoms with van der Waals surface area (Å²) in [6.07, 6.45) is 1.60. The van der Waals surface area contributed by atoms with Crippen LogP contribution >= 0.6 is 0 Å². The second-order valence-electron chi connectivity index (χ2n) is 4.98. The molecule has 2 heterocycles. The van der Waals surface area contributed by atoms with Gasteiger partial charge >= 0.3 is 0 Å². The number of ether oxygens (including phenoxy) is 2. The van der Waals surface area contributed by atoms with Gasteiger partial charge in [-0.2, -0.15) is 0 Å². The Morgan fingerprint density at radius 2 is 1.88 bits per heavy atom. The van der Waals surface area contributed by atoms with E-state index in [0.717, 1.165) is 5.56 Å². The normalized spacial score (nSPS) is 10.2. The van der Waals surface area contributed by atoms with Gasteiger partial charge in [0.15, 0.2) is 5.82 Å². The van der Waals surface area contributed by atoms with E-state index < -0.39 is 5.82 Å². The Balaban J connectivity index is 0.00000109. The van der Waals surface area contributed by atoms with E-state index >= 15 is 0 Å². The molecule has 0 fully saturated rings. The number of hydrogen-bond donors (Lipinski definition) is 1. The lowest BCUT2D eigenvalue weighted by molar-refractivity contribution is 0.146. The summed E-state index contributed by atoms with van der Waals surface area (Å²) in [5, 5.41) is 0.670. The van der Waals surface area contributed by atoms with E-state index in [1.165, 1.54) is 6.07 Å². The van der Waals surface area contributed by atoms with Gasteiger partial charge in [-0.3, -0.25) is 0 Å². The number of methoxy groups -OCH3 is 1. The summed E-state index contributed by atoms with van der Waals surface area (Å²) in [7, 11) is 1.58. The van der Waals surface area contributed by atoms with Crippen molar-refractivity contribution < 1.29 is 13.9 Å². The van der Waals surface area contributed by atoms with Crippen molar-refractivity contribution in [3.8, 4) is 17.0 Å². The van der Waals surface area contributed by atoms with Crippen LogP contribution in [0.1, 0.15) is 13.8 Å². The fraction of sp³-hybridized carbons (Fsp3) is 0.263. The topological polar surface area (TPSA) is 70.3 Å². The van der Waals surface area contributed by atoms with Crippen molar-refractivity contribution in [2.24, 2.45) is 0 Å². The van der Waals surface area contributed by atoms with Gasteiger partial charge < -0.3 is 15.2 Å². The summed E-state index contributed by atoms with van der Waals surface area (Å²) in [6.45, 7) is 4.81. The average molecular weight is 343 g/mol. The summed E-state index contributed by atoms with van der Waals surface area (Å²) in [4.78, 5) is 8.33. The Morgan fingerprint density at radius 3 is 2.60 bits per heavy atom. The first kappa shape index (κ1) is 18.6. The van der Waals surface area contributed by atoms with Gasteiger partial charge in [0.2, 0.25) is 0 Å². The van der Waals surface area contributed by atoms with Crippen LogP contribution in [-0.2, 0) is 4.74 Å². The first-order valence-electron chi connectivity index (χ1n) is 8.11. The first-order chi connectivity index (χ1) is 12.2. The number of benzene rings is 1. The number of rotatable bonds is 5. The number of halogens is 1. The quantitative estimate of drug-likeness (QED) is 0.707. The van der Waals surface area contributed by atoms with E-state index in [1.54, 1.807) is 37.6 Å². The molecule has 0 saturated heterocycles. The van der Waals surface area contributed by atoms with Crippen LogP contribution in [0, 0.1) is 5.82 Å². The zero-order valence-corrected chi connectivity index (χ0v) is 14.6. The maximum absolute atomic E-state index is 14.3. The maximum Gasteiger partial charge on any atom is 0.153 e. The predicted octanol–water partition coefficient (Wildman–Crippen LogP) is 4.07. The lowest BCUT2D eigenvalue weighted by Gasteiger charge is -2.09. The van der Waals surface area contributed by atoms with Gasteiger partial charge in [0.25, 0.3) is 0 Å². The summed E-state index contributed by atoms with van der Waals surface area (Å²) < 4.78 is 24.7. The molecular weight excluding hydrogens is 321 g/mol. The largest absolute Gasteiger partial charge is 0.491 e. The number of aromatic nitrogens is 2. The molecule has 0 radical (unpaired) electrons. The molecule has 132 valence electrons. The third kappa shape index (κ3) is 4.64. The van der Waals surface area contributed by atoms with Crippen LogP contribution in [0.4, 0.5) is 10.2 Å². The minimum atomic E-state index is -0.432. The van der Waals surface area contributed by atoms with Crippen molar-refractivity contribution in [3.05, 3.63) is 48.4 Å². The molecule has 0 aliphatic rings. The molecule has 2 N–H and O–H groups in total. The molecule has 5 nitrogen and oxygen atoms in total. The van der Waals surface area contributed by atoms with Gasteiger partial charge in [-0.1, -0.05) is 19.9 Å². The molecule has 0 bridgehead atoms. The van der Waals surface area contributed by atoms with Crippen LogP contribution in [0.3, 0.4) is 0 Å². The lowest BCUT2D eigenvalue weighted by Crippen LogP contribution is -2.04. The monoisotopic (exact) mass is 343 g/mol. The van der Waals surface area contributed by atoms with Crippen molar-refractivity contribution >= 4 is 16.7 Å². The summed E-state index contributed by atoms with van der Waals surface area (Å²) in [5.41, 5.74) is 7.39. The summed E-state index contributed by atoms with van der Waals surface area (Å²) in [5.74, 6) is 0.417. The van der Waals surface area contributed by atoms with E-state index in [1.807, 2.05) is 19.9 Å². The number of nitrogen functional groups attached to an aromatic ring is 1. The van der Waals surface area contributed by atoms with E-state index in [4.69, 9.17) is 15.2 Å². The third-order valence-electron chi connectivity index (χ3n) is 3.35. The highest BCUT2D eigenvalue weighted by molar-refractivity contribution is 5.83. The van der Waals surface area contributed by atoms with Crippen LogP contribution in [-0.4, -0.2) is 30.3 Å². The lowest BCUT2D eigenvalue weighted by atomic mass is 10.1. The molecular formula is C19H22FN3O2. The molecule has 25 heavy (non-hydrogen) atoms. The van der Waals surface area contributed by atoms with E-state index in [2.05, 4.69) is 9.97 Å². The van der Waals surface area contributed by atoms with Crippen molar-refractivity contribution in [3.63, 3.8) is 0 Å². The Morgan fingerprint density at radius 1 is 1.08 bits per heavy atom. The molecule has 3 aromatic rings. The highest BCUT2D eigenvalue weighted by atomic mass is 19.1. The fourth-order valence-electron chi connectivity index (χ4n) is 2.26. The Kier molecular flexibility index (Phi) is 6.65. The van der Waals surface area contributed by atoms with Crippen LogP contribution in [0.25, 0.3) is 22.2 Å². The van der Waals surface area contributed by atoms with Crippen molar-refractivity contribution in [1.82, 2.24) is 9.97 Å². The number of hydrogen-bond acceptors (Lipinski definition) is 5. The van der Waals surface area contributed by atoms with Crippen LogP contribution in [0.5, 0.6) is 5.75 Å². The van der Waals surface area contributed by atoms with E-state index in [9.17, 15) is 4.39 Å². The van der Waals surface area contributed by atoms with Gasteiger partial charge in [-0.25, -0.2) is 14.4 Å². The highest BCUT2D eigenvalue weighted by Crippen LogP contribution is 2.27.